The quantitative estimate of drug-likeness (QED) is 0.163. The predicted octanol–water partition coefficient (Wildman–Crippen LogP) is 10.3. The van der Waals surface area contributed by atoms with Gasteiger partial charge in [-0.25, -0.2) is 0 Å². The zero-order valence-corrected chi connectivity index (χ0v) is 36.4. The van der Waals surface area contributed by atoms with Crippen LogP contribution in [0.5, 0.6) is 23.0 Å². The van der Waals surface area contributed by atoms with E-state index < -0.39 is 0 Å². The highest BCUT2D eigenvalue weighted by Crippen LogP contribution is 2.46. The first-order valence-electron chi connectivity index (χ1n) is 21.5. The molecule has 0 bridgehead atoms. The third-order valence-electron chi connectivity index (χ3n) is 13.3. The maximum absolute atomic E-state index is 7.21. The average molecular weight is 781 g/mol. The molecule has 7 aromatic rings. The van der Waals surface area contributed by atoms with Crippen molar-refractivity contribution in [3.63, 3.8) is 0 Å². The summed E-state index contributed by atoms with van der Waals surface area (Å²) in [5.41, 5.74) is 21.7. The fraction of sp³-hybridized carbons (Fsp3) is 0.222. The predicted molar refractivity (Wildman–Crippen MR) is 254 cm³/mol. The van der Waals surface area contributed by atoms with Gasteiger partial charge in [-0.3, -0.25) is 0 Å². The molecule has 0 atom stereocenters. The van der Waals surface area contributed by atoms with Crippen LogP contribution in [0.1, 0.15) is 74.9 Å². The molecule has 0 radical (unpaired) electrons. The van der Waals surface area contributed by atoms with Gasteiger partial charge in [-0.15, -0.1) is 0 Å². The number of benzene rings is 7. The van der Waals surface area contributed by atoms with Gasteiger partial charge in [0.25, 0.3) is 13.4 Å². The lowest BCUT2D eigenvalue weighted by Crippen LogP contribution is -2.63. The molecule has 0 unspecified atom stereocenters. The van der Waals surface area contributed by atoms with Crippen LogP contribution < -0.4 is 52.1 Å². The minimum absolute atomic E-state index is 0.0385. The van der Waals surface area contributed by atoms with E-state index in [-0.39, 0.29) is 24.3 Å². The van der Waals surface area contributed by atoms with E-state index in [9.17, 15) is 0 Å². The molecule has 0 N–H and O–H groups in total. The summed E-state index contributed by atoms with van der Waals surface area (Å²) >= 11 is 0. The molecule has 0 saturated heterocycles. The van der Waals surface area contributed by atoms with Crippen molar-refractivity contribution in [1.29, 1.82) is 0 Å². The van der Waals surface area contributed by atoms with E-state index in [1.54, 1.807) is 0 Å². The second-order valence-electron chi connectivity index (χ2n) is 19.8. The second kappa shape index (κ2) is 12.7. The number of hydrogen-bond acceptors (Lipinski definition) is 4. The zero-order valence-electron chi connectivity index (χ0n) is 36.4. The first kappa shape index (κ1) is 36.9. The van der Waals surface area contributed by atoms with E-state index in [1.807, 2.05) is 0 Å². The van der Waals surface area contributed by atoms with E-state index in [2.05, 4.69) is 200 Å². The van der Waals surface area contributed by atoms with Crippen LogP contribution in [0.25, 0.3) is 0 Å². The molecule has 4 aliphatic rings. The van der Waals surface area contributed by atoms with Crippen molar-refractivity contribution in [2.45, 2.75) is 80.1 Å². The summed E-state index contributed by atoms with van der Waals surface area (Å²) in [5, 5.41) is 0. The third-order valence-corrected chi connectivity index (χ3v) is 13.3. The van der Waals surface area contributed by atoms with Crippen molar-refractivity contribution in [2.24, 2.45) is 0 Å². The number of rotatable bonds is 2. The second-order valence-corrected chi connectivity index (χ2v) is 19.8. The Bertz CT molecular complexity index is 2760. The standard InChI is InChI=1S/C54H50B2N2O2/c1-31-11-17-37(18-12-31)57-43-21-15-33(3)23-39(43)55-41-29-42-48(30-47(41)59-49-27-35(53(5,6)7)25-45(57)51(49)55)60-50-28-36(54(8,9)10)26-46-52(50)56(42)40-24-34(4)16-22-44(40)58(46)38-19-13-32(2)14-20-38/h11-30H,1-10H3. The van der Waals surface area contributed by atoms with Gasteiger partial charge in [0.1, 0.15) is 23.0 Å². The minimum atomic E-state index is -0.0960. The molecule has 0 saturated carbocycles. The lowest BCUT2D eigenvalue weighted by atomic mass is 9.31. The minimum Gasteiger partial charge on any atom is -0.458 e. The molecule has 4 heterocycles. The first-order chi connectivity index (χ1) is 28.6. The van der Waals surface area contributed by atoms with Gasteiger partial charge in [-0.1, -0.05) is 118 Å². The summed E-state index contributed by atoms with van der Waals surface area (Å²) in [6, 6.07) is 45.9. The van der Waals surface area contributed by atoms with Crippen LogP contribution in [0.3, 0.4) is 0 Å². The number of ether oxygens (including phenoxy) is 2. The number of nitrogens with zero attached hydrogens (tertiary/aromatic N) is 2. The van der Waals surface area contributed by atoms with E-state index >= 15 is 0 Å². The zero-order chi connectivity index (χ0) is 41.6. The van der Waals surface area contributed by atoms with Gasteiger partial charge in [0.15, 0.2) is 0 Å². The smallest absolute Gasteiger partial charge is 0.256 e. The van der Waals surface area contributed by atoms with Gasteiger partial charge in [0.05, 0.1) is 0 Å². The first-order valence-corrected chi connectivity index (χ1v) is 21.5. The van der Waals surface area contributed by atoms with Crippen molar-refractivity contribution in [3.05, 3.63) is 155 Å². The molecule has 0 amide bonds. The van der Waals surface area contributed by atoms with Crippen LogP contribution in [0.2, 0.25) is 0 Å². The molecule has 0 aromatic heterocycles. The maximum Gasteiger partial charge on any atom is 0.256 e. The van der Waals surface area contributed by atoms with Crippen molar-refractivity contribution in [1.82, 2.24) is 0 Å². The van der Waals surface area contributed by atoms with Crippen LogP contribution >= 0.6 is 0 Å². The summed E-state index contributed by atoms with van der Waals surface area (Å²) in [7, 11) is 0. The van der Waals surface area contributed by atoms with E-state index in [4.69, 9.17) is 9.47 Å². The Balaban J connectivity index is 1.18. The van der Waals surface area contributed by atoms with Crippen molar-refractivity contribution in [2.75, 3.05) is 9.80 Å². The van der Waals surface area contributed by atoms with Crippen LogP contribution in [-0.2, 0) is 10.8 Å². The van der Waals surface area contributed by atoms with Gasteiger partial charge < -0.3 is 19.3 Å². The highest BCUT2D eigenvalue weighted by Gasteiger charge is 2.47. The Labute approximate surface area is 356 Å². The Morgan fingerprint density at radius 1 is 0.367 bits per heavy atom. The molecule has 11 rings (SSSR count). The van der Waals surface area contributed by atoms with Crippen molar-refractivity contribution < 1.29 is 9.47 Å². The van der Waals surface area contributed by atoms with Crippen LogP contribution in [0, 0.1) is 27.7 Å². The fourth-order valence-electron chi connectivity index (χ4n) is 10.0. The molecule has 7 aromatic carbocycles. The molecule has 0 fully saturated rings. The van der Waals surface area contributed by atoms with Gasteiger partial charge in [0, 0.05) is 40.2 Å². The van der Waals surface area contributed by atoms with Gasteiger partial charge in [0.2, 0.25) is 0 Å². The molecular weight excluding hydrogens is 730 g/mol. The largest absolute Gasteiger partial charge is 0.458 e. The highest BCUT2D eigenvalue weighted by atomic mass is 16.5. The summed E-state index contributed by atoms with van der Waals surface area (Å²) < 4.78 is 14.4. The normalized spacial score (nSPS) is 14.3. The fourth-order valence-corrected chi connectivity index (χ4v) is 10.0. The molecule has 294 valence electrons. The summed E-state index contributed by atoms with van der Waals surface area (Å²) in [6.07, 6.45) is 0. The van der Waals surface area contributed by atoms with Gasteiger partial charge >= 0.3 is 0 Å². The number of anilines is 6. The van der Waals surface area contributed by atoms with Crippen molar-refractivity contribution in [3.8, 4) is 23.0 Å². The lowest BCUT2D eigenvalue weighted by molar-refractivity contribution is 0.462. The van der Waals surface area contributed by atoms with Crippen LogP contribution in [0.4, 0.5) is 34.1 Å². The number of fused-ring (bicyclic) bond motifs is 8. The molecule has 4 nitrogen and oxygen atoms in total. The molecule has 6 heteroatoms. The molecule has 4 aliphatic heterocycles. The molecule has 0 aliphatic carbocycles. The maximum atomic E-state index is 7.21. The SMILES string of the molecule is Cc1ccc(N2c3ccc(C)cc3B3c4cc5c(cc4Oc4cc(C(C)(C)C)cc2c43)Oc2cc(C(C)(C)C)cc3c2B5c2cc(C)ccc2N3c2ccc(C)cc2)cc1. The Kier molecular flexibility index (Phi) is 7.81. The molecule has 0 spiro atoms. The summed E-state index contributed by atoms with van der Waals surface area (Å²) in [6.45, 7) is 22.4. The van der Waals surface area contributed by atoms with E-state index in [0.717, 1.165) is 34.4 Å². The van der Waals surface area contributed by atoms with E-state index in [0.29, 0.717) is 0 Å². The van der Waals surface area contributed by atoms with Gasteiger partial charge in [-0.2, -0.15) is 0 Å². The van der Waals surface area contributed by atoms with Crippen LogP contribution in [-0.4, -0.2) is 13.4 Å². The molecule has 60 heavy (non-hydrogen) atoms. The van der Waals surface area contributed by atoms with Crippen LogP contribution in [0.15, 0.2) is 121 Å². The summed E-state index contributed by atoms with van der Waals surface area (Å²) in [5.74, 6) is 3.55. The topological polar surface area (TPSA) is 24.9 Å². The third kappa shape index (κ3) is 5.52. The Hall–Kier alpha value is -6.13. The summed E-state index contributed by atoms with van der Waals surface area (Å²) in [4.78, 5) is 4.92. The Morgan fingerprint density at radius 3 is 1.13 bits per heavy atom. The highest BCUT2D eigenvalue weighted by molar-refractivity contribution is 7.02. The average Bonchev–Trinajstić information content (AvgIpc) is 3.20. The van der Waals surface area contributed by atoms with E-state index in [1.165, 1.54) is 88.9 Å². The van der Waals surface area contributed by atoms with Crippen molar-refractivity contribution >= 4 is 80.3 Å². The molecular formula is C54H50B2N2O2. The lowest BCUT2D eigenvalue weighted by Gasteiger charge is -2.43. The number of aryl methyl sites for hydroxylation is 4. The monoisotopic (exact) mass is 780 g/mol. The number of hydrogen-bond donors (Lipinski definition) is 0. The van der Waals surface area contributed by atoms with Gasteiger partial charge in [-0.05, 0) is 143 Å². The Morgan fingerprint density at radius 2 is 0.750 bits per heavy atom.